The summed E-state index contributed by atoms with van der Waals surface area (Å²) >= 11 is 0. The van der Waals surface area contributed by atoms with Crippen molar-refractivity contribution in [2.45, 2.75) is 0 Å². The lowest BCUT2D eigenvalue weighted by Crippen LogP contribution is -1.93. The fourth-order valence-corrected chi connectivity index (χ4v) is 1.12. The van der Waals surface area contributed by atoms with Crippen LogP contribution in [0.15, 0.2) is 24.9 Å². The highest BCUT2D eigenvalue weighted by Crippen LogP contribution is 2.21. The van der Waals surface area contributed by atoms with Crippen molar-refractivity contribution < 1.29 is 0 Å². The zero-order chi connectivity index (χ0) is 9.26. The van der Waals surface area contributed by atoms with E-state index in [1.165, 1.54) is 6.33 Å². The molecule has 2 aromatic rings. The molecule has 0 aliphatic heterocycles. The normalized spacial score (nSPS) is 10.2. The van der Waals surface area contributed by atoms with E-state index in [1.807, 2.05) is 13.2 Å². The summed E-state index contributed by atoms with van der Waals surface area (Å²) in [4.78, 5) is 7.80. The minimum absolute atomic E-state index is 0.475. The van der Waals surface area contributed by atoms with Gasteiger partial charge in [-0.1, -0.05) is 0 Å². The van der Waals surface area contributed by atoms with Gasteiger partial charge in [0.1, 0.15) is 12.1 Å². The van der Waals surface area contributed by atoms with Crippen LogP contribution >= 0.6 is 0 Å². The van der Waals surface area contributed by atoms with E-state index in [0.717, 1.165) is 11.1 Å². The molecule has 0 amide bonds. The molecule has 0 bridgehead atoms. The number of hydrogen-bond donors (Lipinski definition) is 1. The molecule has 0 saturated heterocycles. The number of nitrogen functional groups attached to an aromatic ring is 1. The van der Waals surface area contributed by atoms with Crippen molar-refractivity contribution >= 4 is 5.82 Å². The van der Waals surface area contributed by atoms with Gasteiger partial charge >= 0.3 is 0 Å². The largest absolute Gasteiger partial charge is 0.383 e. The van der Waals surface area contributed by atoms with Crippen LogP contribution in [0.2, 0.25) is 0 Å². The lowest BCUT2D eigenvalue weighted by Gasteiger charge is -1.98. The van der Waals surface area contributed by atoms with Crippen molar-refractivity contribution in [1.29, 1.82) is 0 Å². The molecule has 0 unspecified atom stereocenters. The first kappa shape index (κ1) is 7.72. The Labute approximate surface area is 75.2 Å². The number of aromatic nitrogens is 4. The molecule has 2 rings (SSSR count). The van der Waals surface area contributed by atoms with Gasteiger partial charge in [0.15, 0.2) is 0 Å². The van der Waals surface area contributed by atoms with E-state index in [-0.39, 0.29) is 0 Å². The number of hydrogen-bond acceptors (Lipinski definition) is 4. The summed E-state index contributed by atoms with van der Waals surface area (Å²) < 4.78 is 1.71. The van der Waals surface area contributed by atoms with E-state index in [4.69, 9.17) is 5.73 Å². The van der Waals surface area contributed by atoms with E-state index in [0.29, 0.717) is 5.82 Å². The van der Waals surface area contributed by atoms with Gasteiger partial charge in [-0.2, -0.15) is 5.10 Å². The molecule has 0 spiro atoms. The third-order valence-electron chi connectivity index (χ3n) is 1.76. The molecule has 66 valence electrons. The molecule has 0 saturated carbocycles. The van der Waals surface area contributed by atoms with Gasteiger partial charge in [0.25, 0.3) is 0 Å². The second kappa shape index (κ2) is 2.85. The zero-order valence-electron chi connectivity index (χ0n) is 7.18. The summed E-state index contributed by atoms with van der Waals surface area (Å²) in [6, 6.07) is 0. The minimum atomic E-state index is 0.475. The summed E-state index contributed by atoms with van der Waals surface area (Å²) in [5.41, 5.74) is 7.42. The summed E-state index contributed by atoms with van der Waals surface area (Å²) in [7, 11) is 1.85. The van der Waals surface area contributed by atoms with Crippen molar-refractivity contribution in [3.8, 4) is 11.1 Å². The van der Waals surface area contributed by atoms with Gasteiger partial charge in [-0.15, -0.1) is 0 Å². The first-order chi connectivity index (χ1) is 6.27. The van der Waals surface area contributed by atoms with Gasteiger partial charge in [0.2, 0.25) is 0 Å². The molecule has 5 heteroatoms. The number of rotatable bonds is 1. The van der Waals surface area contributed by atoms with Crippen molar-refractivity contribution in [2.75, 3.05) is 5.73 Å². The summed E-state index contributed by atoms with van der Waals surface area (Å²) in [5.74, 6) is 0.475. The summed E-state index contributed by atoms with van der Waals surface area (Å²) in [6.07, 6.45) is 6.71. The average Bonchev–Trinajstić information content (AvgIpc) is 2.53. The van der Waals surface area contributed by atoms with Crippen molar-refractivity contribution in [1.82, 2.24) is 19.7 Å². The second-order valence-electron chi connectivity index (χ2n) is 2.72. The molecule has 0 atom stereocenters. The van der Waals surface area contributed by atoms with Crippen LogP contribution in [0, 0.1) is 0 Å². The lowest BCUT2D eigenvalue weighted by molar-refractivity contribution is 0.768. The Morgan fingerprint density at radius 1 is 1.38 bits per heavy atom. The topological polar surface area (TPSA) is 69.6 Å². The van der Waals surface area contributed by atoms with Crippen LogP contribution < -0.4 is 5.73 Å². The molecule has 2 heterocycles. The quantitative estimate of drug-likeness (QED) is 0.683. The fourth-order valence-electron chi connectivity index (χ4n) is 1.12. The Morgan fingerprint density at radius 3 is 2.85 bits per heavy atom. The molecule has 0 aliphatic rings. The second-order valence-corrected chi connectivity index (χ2v) is 2.72. The zero-order valence-corrected chi connectivity index (χ0v) is 7.18. The SMILES string of the molecule is Cn1cc(-c2cncnc2N)cn1. The van der Waals surface area contributed by atoms with Crippen LogP contribution in [0.3, 0.4) is 0 Å². The molecule has 2 N–H and O–H groups in total. The monoisotopic (exact) mass is 175 g/mol. The van der Waals surface area contributed by atoms with E-state index in [9.17, 15) is 0 Å². The van der Waals surface area contributed by atoms with Gasteiger partial charge in [0.05, 0.1) is 6.20 Å². The van der Waals surface area contributed by atoms with Crippen molar-refractivity contribution in [3.63, 3.8) is 0 Å². The third-order valence-corrected chi connectivity index (χ3v) is 1.76. The highest BCUT2D eigenvalue weighted by molar-refractivity contribution is 5.71. The number of nitrogens with two attached hydrogens (primary N) is 1. The van der Waals surface area contributed by atoms with Crippen LogP contribution in [-0.4, -0.2) is 19.7 Å². The highest BCUT2D eigenvalue weighted by Gasteiger charge is 2.04. The Kier molecular flexibility index (Phi) is 1.70. The van der Waals surface area contributed by atoms with Gasteiger partial charge in [0, 0.05) is 30.6 Å². The molecule has 0 fully saturated rings. The molecule has 0 aliphatic carbocycles. The van der Waals surface area contributed by atoms with Gasteiger partial charge in [-0.05, 0) is 0 Å². The standard InChI is InChI=1S/C8H9N5/c1-13-4-6(2-12-13)7-3-10-5-11-8(7)9/h2-5H,1H3,(H2,9,10,11). The number of nitrogens with zero attached hydrogens (tertiary/aromatic N) is 4. The lowest BCUT2D eigenvalue weighted by atomic mass is 10.2. The Balaban J connectivity index is 2.52. The average molecular weight is 175 g/mol. The van der Waals surface area contributed by atoms with Crippen LogP contribution in [0.1, 0.15) is 0 Å². The van der Waals surface area contributed by atoms with Gasteiger partial charge < -0.3 is 5.73 Å². The predicted molar refractivity (Wildman–Crippen MR) is 48.6 cm³/mol. The van der Waals surface area contributed by atoms with E-state index in [2.05, 4.69) is 15.1 Å². The first-order valence-electron chi connectivity index (χ1n) is 3.82. The summed E-state index contributed by atoms with van der Waals surface area (Å²) in [5, 5.41) is 4.04. The smallest absolute Gasteiger partial charge is 0.134 e. The van der Waals surface area contributed by atoms with Gasteiger partial charge in [-0.25, -0.2) is 9.97 Å². The molecular formula is C8H9N5. The Bertz CT molecular complexity index is 420. The van der Waals surface area contributed by atoms with E-state index >= 15 is 0 Å². The van der Waals surface area contributed by atoms with Gasteiger partial charge in [-0.3, -0.25) is 4.68 Å². The fraction of sp³-hybridized carbons (Fsp3) is 0.125. The maximum Gasteiger partial charge on any atom is 0.134 e. The predicted octanol–water partition coefficient (Wildman–Crippen LogP) is 0.459. The summed E-state index contributed by atoms with van der Waals surface area (Å²) in [6.45, 7) is 0. The maximum absolute atomic E-state index is 5.67. The molecule has 2 aromatic heterocycles. The van der Waals surface area contributed by atoms with Crippen LogP contribution in [-0.2, 0) is 7.05 Å². The molecule has 5 nitrogen and oxygen atoms in total. The molecule has 13 heavy (non-hydrogen) atoms. The molecule has 0 radical (unpaired) electrons. The third kappa shape index (κ3) is 1.35. The van der Waals surface area contributed by atoms with Crippen molar-refractivity contribution in [2.24, 2.45) is 7.05 Å². The minimum Gasteiger partial charge on any atom is -0.383 e. The maximum atomic E-state index is 5.67. The van der Waals surface area contributed by atoms with E-state index < -0.39 is 0 Å². The molecule has 0 aromatic carbocycles. The first-order valence-corrected chi connectivity index (χ1v) is 3.82. The number of anilines is 1. The molecular weight excluding hydrogens is 166 g/mol. The van der Waals surface area contributed by atoms with E-state index in [1.54, 1.807) is 17.1 Å². The highest BCUT2D eigenvalue weighted by atomic mass is 15.2. The van der Waals surface area contributed by atoms with Crippen LogP contribution in [0.4, 0.5) is 5.82 Å². The Morgan fingerprint density at radius 2 is 2.23 bits per heavy atom. The van der Waals surface area contributed by atoms with Crippen LogP contribution in [0.5, 0.6) is 0 Å². The number of aryl methyl sites for hydroxylation is 1. The van der Waals surface area contributed by atoms with Crippen LogP contribution in [0.25, 0.3) is 11.1 Å². The van der Waals surface area contributed by atoms with Crippen molar-refractivity contribution in [3.05, 3.63) is 24.9 Å². The Hall–Kier alpha value is -1.91.